The number of quaternary nitrogens is 1. The quantitative estimate of drug-likeness (QED) is 0.0282. The summed E-state index contributed by atoms with van der Waals surface area (Å²) in [6.45, 7) is -3.76. The molecule has 0 aliphatic rings. The van der Waals surface area contributed by atoms with E-state index in [9.17, 15) is 19.0 Å². The van der Waals surface area contributed by atoms with Crippen LogP contribution in [0.1, 0.15) is 220 Å². The topological polar surface area (TPSA) is 148 Å². The molecule has 1 unspecified atom stereocenters. The standard InChI is InChI=1S/C41H79O8P.H3N/c1-4-7-9-11-13-15-17-19-21-23-25-27-29-31-33-35-40(42)46-37-39(38-48-50(44,45)47-6-3)49-41(43)36-34-32-30-28-26-24-22-20-18-16-14-12-10-8-5-2;/h20,22,39H,4-19,21,23-38H2,1-3H3,(H,44,45);1H3/b22-20-;/t39-;/m1./s1/i3D3,6D2;. The number of phosphoric ester groups is 1. The average Bonchev–Trinajstić information content (AvgIpc) is 3.11. The molecule has 0 heterocycles. The molecule has 0 radical (unpaired) electrons. The predicted octanol–water partition coefficient (Wildman–Crippen LogP) is 12.6. The van der Waals surface area contributed by atoms with E-state index in [1.165, 1.54) is 109 Å². The summed E-state index contributed by atoms with van der Waals surface area (Å²) in [6.07, 6.45) is 35.9. The van der Waals surface area contributed by atoms with Crippen LogP contribution in [0.25, 0.3) is 0 Å². The highest BCUT2D eigenvalue weighted by molar-refractivity contribution is 7.45. The maximum Gasteiger partial charge on any atom is 0.306 e. The first-order valence-corrected chi connectivity index (χ1v) is 21.9. The number of esters is 2. The molecule has 0 amide bonds. The lowest BCUT2D eigenvalue weighted by Gasteiger charge is -2.25. The fourth-order valence-corrected chi connectivity index (χ4v) is 6.37. The minimum absolute atomic E-state index is 0. The molecule has 0 aliphatic carbocycles. The second-order valence-electron chi connectivity index (χ2n) is 13.8. The summed E-state index contributed by atoms with van der Waals surface area (Å²) in [7, 11) is -5.48. The van der Waals surface area contributed by atoms with Gasteiger partial charge in [0.2, 0.25) is 0 Å². The van der Waals surface area contributed by atoms with E-state index < -0.39 is 52.5 Å². The number of phosphoric acid groups is 1. The summed E-state index contributed by atoms with van der Waals surface area (Å²) >= 11 is 0. The first-order valence-electron chi connectivity index (χ1n) is 22.9. The van der Waals surface area contributed by atoms with Gasteiger partial charge in [0.05, 0.1) is 15.9 Å². The molecule has 0 bridgehead atoms. The summed E-state index contributed by atoms with van der Waals surface area (Å²) < 4.78 is 68.1. The molecule has 10 heteroatoms. The van der Waals surface area contributed by atoms with Gasteiger partial charge in [-0.1, -0.05) is 167 Å². The highest BCUT2D eigenvalue weighted by atomic mass is 31.2. The van der Waals surface area contributed by atoms with E-state index in [1.54, 1.807) is 0 Å². The van der Waals surface area contributed by atoms with Gasteiger partial charge in [-0.15, -0.1) is 0 Å². The van der Waals surface area contributed by atoms with Crippen LogP contribution >= 0.6 is 7.82 Å². The van der Waals surface area contributed by atoms with Crippen molar-refractivity contribution in [3.05, 3.63) is 12.2 Å². The normalized spacial score (nSPS) is 15.2. The lowest BCUT2D eigenvalue weighted by Crippen LogP contribution is -2.30. The zero-order valence-corrected chi connectivity index (χ0v) is 34.0. The van der Waals surface area contributed by atoms with E-state index in [1.807, 2.05) is 0 Å². The molecule has 0 aromatic carbocycles. The Morgan fingerprint density at radius 1 is 0.608 bits per heavy atom. The zero-order chi connectivity index (χ0) is 41.1. The molecule has 4 N–H and O–H groups in total. The van der Waals surface area contributed by atoms with Crippen LogP contribution in [-0.2, 0) is 32.7 Å². The summed E-state index contributed by atoms with van der Waals surface area (Å²) in [4.78, 5) is 37.3. The number of rotatable bonds is 39. The number of hydrogen-bond donors (Lipinski definition) is 1. The molecular weight excluding hydrogens is 665 g/mol. The third-order valence-corrected chi connectivity index (χ3v) is 9.71. The van der Waals surface area contributed by atoms with E-state index in [2.05, 4.69) is 30.5 Å². The number of ether oxygens (including phenoxy) is 2. The van der Waals surface area contributed by atoms with Crippen LogP contribution in [0.4, 0.5) is 0 Å². The Morgan fingerprint density at radius 3 is 1.43 bits per heavy atom. The molecule has 0 spiro atoms. The maximum atomic E-state index is 12.6. The molecule has 0 rings (SSSR count). The molecule has 0 aromatic heterocycles. The minimum atomic E-state index is -5.48. The minimum Gasteiger partial charge on any atom is -0.756 e. The molecule has 0 fully saturated rings. The molecule has 0 saturated carbocycles. The van der Waals surface area contributed by atoms with Crippen LogP contribution in [0.5, 0.6) is 0 Å². The van der Waals surface area contributed by atoms with Crippen molar-refractivity contribution in [3.8, 4) is 0 Å². The van der Waals surface area contributed by atoms with E-state index in [4.69, 9.17) is 20.9 Å². The molecule has 0 aromatic rings. The fourth-order valence-electron chi connectivity index (χ4n) is 5.86. The third-order valence-electron chi connectivity index (χ3n) is 8.93. The van der Waals surface area contributed by atoms with Crippen LogP contribution in [0.3, 0.4) is 0 Å². The fraction of sp³-hybridized carbons (Fsp3) is 0.902. The Bertz CT molecular complexity index is 1020. The van der Waals surface area contributed by atoms with Gasteiger partial charge in [-0.3, -0.25) is 14.2 Å². The van der Waals surface area contributed by atoms with Crippen LogP contribution in [0.2, 0.25) is 0 Å². The van der Waals surface area contributed by atoms with Gasteiger partial charge in [-0.05, 0) is 45.4 Å². The maximum absolute atomic E-state index is 12.6. The van der Waals surface area contributed by atoms with E-state index in [0.29, 0.717) is 12.8 Å². The molecule has 304 valence electrons. The number of allylic oxidation sites excluding steroid dienone is 2. The Morgan fingerprint density at radius 2 is 1.00 bits per heavy atom. The molecular formula is C41H82NO8P. The van der Waals surface area contributed by atoms with Crippen molar-refractivity contribution in [2.45, 2.75) is 219 Å². The van der Waals surface area contributed by atoms with Crippen molar-refractivity contribution in [2.24, 2.45) is 0 Å². The molecule has 0 aliphatic heterocycles. The van der Waals surface area contributed by atoms with Gasteiger partial charge in [-0.25, -0.2) is 0 Å². The Balaban J connectivity index is 0. The van der Waals surface area contributed by atoms with E-state index in [0.717, 1.165) is 57.8 Å². The third kappa shape index (κ3) is 39.8. The van der Waals surface area contributed by atoms with Gasteiger partial charge in [0.25, 0.3) is 7.82 Å². The van der Waals surface area contributed by atoms with Gasteiger partial charge in [0.1, 0.15) is 6.61 Å². The van der Waals surface area contributed by atoms with Crippen molar-refractivity contribution in [1.29, 1.82) is 0 Å². The Hall–Kier alpha value is -1.25. The van der Waals surface area contributed by atoms with Crippen molar-refractivity contribution in [2.75, 3.05) is 19.8 Å². The second kappa shape index (κ2) is 39.9. The molecule has 51 heavy (non-hydrogen) atoms. The zero-order valence-electron chi connectivity index (χ0n) is 38.1. The van der Waals surface area contributed by atoms with Crippen LogP contribution in [0.15, 0.2) is 12.2 Å². The van der Waals surface area contributed by atoms with Gasteiger partial charge >= 0.3 is 11.9 Å². The average molecular weight is 753 g/mol. The van der Waals surface area contributed by atoms with Crippen LogP contribution in [0, 0.1) is 0 Å². The summed E-state index contributed by atoms with van der Waals surface area (Å²) in [5.41, 5.74) is 0. The van der Waals surface area contributed by atoms with E-state index in [-0.39, 0.29) is 19.0 Å². The number of hydrogen-bond acceptors (Lipinski definition) is 8. The van der Waals surface area contributed by atoms with Crippen LogP contribution < -0.4 is 11.0 Å². The smallest absolute Gasteiger partial charge is 0.306 e. The highest BCUT2D eigenvalue weighted by Crippen LogP contribution is 2.38. The summed E-state index contributed by atoms with van der Waals surface area (Å²) in [5.74, 6) is -1.14. The monoisotopic (exact) mass is 753 g/mol. The number of carbonyl (C=O) groups excluding carboxylic acids is 2. The SMILES string of the molecule is [2H]C([2H])([2H])C([2H])([2H])OP(=O)([O-])OC[C@@H](COC(=O)CCCCCCCCCCCCCCCCC)OC(=O)CCCCCCC/C=C\CCCCCCCC.[NH4+]. The number of unbranched alkanes of at least 4 members (excludes halogenated alkanes) is 25. The van der Waals surface area contributed by atoms with Crippen molar-refractivity contribution >= 4 is 19.8 Å². The first-order chi connectivity index (χ1) is 26.2. The Kier molecular flexibility index (Phi) is 33.3. The number of carbonyl (C=O) groups is 2. The lowest BCUT2D eigenvalue weighted by atomic mass is 10.0. The molecule has 2 atom stereocenters. The summed E-state index contributed by atoms with van der Waals surface area (Å²) in [5, 5.41) is 0. The lowest BCUT2D eigenvalue weighted by molar-refractivity contribution is -0.228. The van der Waals surface area contributed by atoms with Gasteiger partial charge in [0, 0.05) is 17.0 Å². The summed E-state index contributed by atoms with van der Waals surface area (Å²) in [6, 6.07) is 0. The van der Waals surface area contributed by atoms with Gasteiger partial charge < -0.3 is 29.6 Å². The van der Waals surface area contributed by atoms with Crippen LogP contribution in [-0.4, -0.2) is 37.8 Å². The van der Waals surface area contributed by atoms with Crippen molar-refractivity contribution in [1.82, 2.24) is 6.15 Å². The van der Waals surface area contributed by atoms with Gasteiger partial charge in [0.15, 0.2) is 6.10 Å². The Labute approximate surface area is 321 Å². The van der Waals surface area contributed by atoms with Gasteiger partial charge in [-0.2, -0.15) is 0 Å². The predicted molar refractivity (Wildman–Crippen MR) is 211 cm³/mol. The largest absolute Gasteiger partial charge is 0.756 e. The highest BCUT2D eigenvalue weighted by Gasteiger charge is 2.20. The van der Waals surface area contributed by atoms with Crippen molar-refractivity contribution in [3.63, 3.8) is 0 Å². The molecule has 9 nitrogen and oxygen atoms in total. The first kappa shape index (κ1) is 42.5. The van der Waals surface area contributed by atoms with E-state index >= 15 is 0 Å². The molecule has 0 saturated heterocycles. The second-order valence-corrected chi connectivity index (χ2v) is 15.1. The van der Waals surface area contributed by atoms with Crippen molar-refractivity contribution < 1.29 is 44.4 Å².